The maximum absolute atomic E-state index is 13.1. The minimum absolute atomic E-state index is 0.407. The zero-order valence-electron chi connectivity index (χ0n) is 10.4. The number of rotatable bonds is 5. The lowest BCUT2D eigenvalue weighted by Gasteiger charge is -2.17. The van der Waals surface area contributed by atoms with Crippen LogP contribution < -0.4 is 4.74 Å². The number of ketones is 2. The molecule has 0 N–H and O–H groups in total. The number of hydrogen-bond acceptors (Lipinski definition) is 3. The molecule has 0 atom stereocenters. The summed E-state index contributed by atoms with van der Waals surface area (Å²) in [5.74, 6) is -10.8. The summed E-state index contributed by atoms with van der Waals surface area (Å²) < 4.78 is 78.9. The molecule has 21 heavy (non-hydrogen) atoms. The lowest BCUT2D eigenvalue weighted by atomic mass is 10.0. The van der Waals surface area contributed by atoms with E-state index >= 15 is 0 Å². The lowest BCUT2D eigenvalue weighted by molar-refractivity contribution is -0.268. The van der Waals surface area contributed by atoms with Crippen molar-refractivity contribution in [2.75, 3.05) is 7.11 Å². The van der Waals surface area contributed by atoms with Gasteiger partial charge in [-0.1, -0.05) is 0 Å². The Morgan fingerprint density at radius 2 is 1.71 bits per heavy atom. The molecule has 9 heteroatoms. The molecule has 1 aromatic carbocycles. The molecular formula is C12H8F6O3. The third-order valence-corrected chi connectivity index (χ3v) is 2.50. The highest BCUT2D eigenvalue weighted by atomic mass is 19.4. The van der Waals surface area contributed by atoms with Crippen LogP contribution in [0.2, 0.25) is 0 Å². The molecule has 0 saturated carbocycles. The molecule has 0 heterocycles. The van der Waals surface area contributed by atoms with E-state index in [1.54, 1.807) is 0 Å². The fourth-order valence-corrected chi connectivity index (χ4v) is 1.35. The minimum atomic E-state index is -6.08. The van der Waals surface area contributed by atoms with Gasteiger partial charge in [0.25, 0.3) is 0 Å². The minimum Gasteiger partial charge on any atom is -0.494 e. The quantitative estimate of drug-likeness (QED) is 0.476. The molecule has 0 bridgehead atoms. The Bertz CT molecular complexity index is 565. The number of alkyl halides is 5. The largest absolute Gasteiger partial charge is 0.494 e. The van der Waals surface area contributed by atoms with E-state index in [-0.39, 0.29) is 0 Å². The molecule has 0 aromatic heterocycles. The average Bonchev–Trinajstić information content (AvgIpc) is 2.37. The maximum atomic E-state index is 13.1. The van der Waals surface area contributed by atoms with Crippen molar-refractivity contribution < 1.29 is 40.7 Å². The zero-order chi connectivity index (χ0) is 16.4. The molecule has 0 amide bonds. The topological polar surface area (TPSA) is 43.4 Å². The Balaban J connectivity index is 2.94. The van der Waals surface area contributed by atoms with E-state index in [1.165, 1.54) is 0 Å². The fraction of sp³-hybridized carbons (Fsp3) is 0.333. The van der Waals surface area contributed by atoms with Crippen LogP contribution in [-0.2, 0) is 4.79 Å². The summed E-state index contributed by atoms with van der Waals surface area (Å²) in [6, 6.07) is 2.41. The van der Waals surface area contributed by atoms with Gasteiger partial charge in [-0.3, -0.25) is 9.59 Å². The highest BCUT2D eigenvalue weighted by Crippen LogP contribution is 2.37. The molecule has 116 valence electrons. The standard InChI is InChI=1S/C12H8F6O3/c1-21-9-4-6(2-3-7(9)13)8(19)5-10(20)11(14,15)12(16,17)18/h2-4H,5H2,1H3. The van der Waals surface area contributed by atoms with Crippen LogP contribution in [0.5, 0.6) is 5.75 Å². The maximum Gasteiger partial charge on any atom is 0.461 e. The van der Waals surface area contributed by atoms with Crippen LogP contribution in [0.3, 0.4) is 0 Å². The number of benzene rings is 1. The summed E-state index contributed by atoms with van der Waals surface area (Å²) in [5.41, 5.74) is -0.417. The summed E-state index contributed by atoms with van der Waals surface area (Å²) >= 11 is 0. The van der Waals surface area contributed by atoms with Crippen molar-refractivity contribution in [3.05, 3.63) is 29.6 Å². The summed E-state index contributed by atoms with van der Waals surface area (Å²) in [6.45, 7) is 0. The number of ether oxygens (including phenoxy) is 1. The Kier molecular flexibility index (Phi) is 4.65. The van der Waals surface area contributed by atoms with Gasteiger partial charge in [0.2, 0.25) is 5.78 Å². The van der Waals surface area contributed by atoms with Crippen molar-refractivity contribution in [2.24, 2.45) is 0 Å². The molecule has 0 spiro atoms. The van der Waals surface area contributed by atoms with Gasteiger partial charge in [-0.25, -0.2) is 4.39 Å². The molecule has 0 aliphatic rings. The van der Waals surface area contributed by atoms with E-state index in [9.17, 15) is 35.9 Å². The van der Waals surface area contributed by atoms with Crippen molar-refractivity contribution >= 4 is 11.6 Å². The van der Waals surface area contributed by atoms with Gasteiger partial charge < -0.3 is 4.74 Å². The highest BCUT2D eigenvalue weighted by Gasteiger charge is 2.62. The van der Waals surface area contributed by atoms with Crippen LogP contribution in [0.15, 0.2) is 18.2 Å². The molecular weight excluding hydrogens is 306 g/mol. The van der Waals surface area contributed by atoms with Crippen molar-refractivity contribution in [2.45, 2.75) is 18.5 Å². The zero-order valence-corrected chi connectivity index (χ0v) is 10.4. The summed E-state index contributed by atoms with van der Waals surface area (Å²) in [4.78, 5) is 22.4. The van der Waals surface area contributed by atoms with Gasteiger partial charge in [-0.05, 0) is 18.2 Å². The second-order valence-corrected chi connectivity index (χ2v) is 3.94. The second-order valence-electron chi connectivity index (χ2n) is 3.94. The molecule has 0 fully saturated rings. The molecule has 0 unspecified atom stereocenters. The van der Waals surface area contributed by atoms with E-state index < -0.39 is 47.2 Å². The fourth-order valence-electron chi connectivity index (χ4n) is 1.35. The van der Waals surface area contributed by atoms with Crippen molar-refractivity contribution in [1.82, 2.24) is 0 Å². The predicted molar refractivity (Wildman–Crippen MR) is 57.9 cm³/mol. The lowest BCUT2D eigenvalue weighted by Crippen LogP contribution is -2.44. The van der Waals surface area contributed by atoms with Crippen molar-refractivity contribution in [1.29, 1.82) is 0 Å². The number of Topliss-reactive ketones (excluding diaryl/α,β-unsaturated/α-hetero) is 2. The molecule has 1 aromatic rings. The van der Waals surface area contributed by atoms with Crippen LogP contribution in [0.1, 0.15) is 16.8 Å². The van der Waals surface area contributed by atoms with Crippen LogP contribution in [-0.4, -0.2) is 30.8 Å². The SMILES string of the molecule is COc1cc(C(=O)CC(=O)C(F)(F)C(F)(F)F)ccc1F. The van der Waals surface area contributed by atoms with Gasteiger partial charge in [-0.2, -0.15) is 22.0 Å². The third-order valence-electron chi connectivity index (χ3n) is 2.50. The monoisotopic (exact) mass is 314 g/mol. The van der Waals surface area contributed by atoms with Gasteiger partial charge in [0.1, 0.15) is 0 Å². The average molecular weight is 314 g/mol. The molecule has 0 aliphatic carbocycles. The molecule has 0 radical (unpaired) electrons. The molecule has 3 nitrogen and oxygen atoms in total. The first-order valence-electron chi connectivity index (χ1n) is 5.35. The van der Waals surface area contributed by atoms with Gasteiger partial charge >= 0.3 is 12.1 Å². The van der Waals surface area contributed by atoms with E-state index in [0.717, 1.165) is 25.3 Å². The highest BCUT2D eigenvalue weighted by molar-refractivity contribution is 6.10. The Hall–Kier alpha value is -2.06. The van der Waals surface area contributed by atoms with Gasteiger partial charge in [0.05, 0.1) is 13.5 Å². The smallest absolute Gasteiger partial charge is 0.461 e. The first-order chi connectivity index (χ1) is 9.50. The van der Waals surface area contributed by atoms with Crippen molar-refractivity contribution in [3.63, 3.8) is 0 Å². The van der Waals surface area contributed by atoms with Crippen LogP contribution >= 0.6 is 0 Å². The number of carbonyl (C=O) groups excluding carboxylic acids is 2. The third kappa shape index (κ3) is 3.53. The Labute approximate surface area is 114 Å². The van der Waals surface area contributed by atoms with E-state index in [0.29, 0.717) is 0 Å². The molecule has 1 rings (SSSR count). The van der Waals surface area contributed by atoms with E-state index in [1.807, 2.05) is 0 Å². The van der Waals surface area contributed by atoms with Crippen LogP contribution in [0, 0.1) is 5.82 Å². The first kappa shape index (κ1) is 17.0. The van der Waals surface area contributed by atoms with E-state index in [2.05, 4.69) is 4.74 Å². The first-order valence-corrected chi connectivity index (χ1v) is 5.35. The number of methoxy groups -OCH3 is 1. The molecule has 0 aliphatic heterocycles. The number of halogens is 6. The number of hydrogen-bond donors (Lipinski definition) is 0. The predicted octanol–water partition coefficient (Wildman–Crippen LogP) is 3.17. The summed E-state index contributed by atoms with van der Waals surface area (Å²) in [7, 11) is 1.07. The summed E-state index contributed by atoms with van der Waals surface area (Å²) in [5, 5.41) is 0. The Morgan fingerprint density at radius 1 is 1.14 bits per heavy atom. The summed E-state index contributed by atoms with van der Waals surface area (Å²) in [6.07, 6.45) is -7.74. The van der Waals surface area contributed by atoms with Gasteiger partial charge in [0, 0.05) is 5.56 Å². The van der Waals surface area contributed by atoms with Gasteiger partial charge in [-0.15, -0.1) is 0 Å². The molecule has 0 saturated heterocycles. The Morgan fingerprint density at radius 3 is 2.19 bits per heavy atom. The van der Waals surface area contributed by atoms with Crippen LogP contribution in [0.25, 0.3) is 0 Å². The van der Waals surface area contributed by atoms with Gasteiger partial charge in [0.15, 0.2) is 17.3 Å². The van der Waals surface area contributed by atoms with Crippen molar-refractivity contribution in [3.8, 4) is 5.75 Å². The number of carbonyl (C=O) groups is 2. The van der Waals surface area contributed by atoms with Crippen LogP contribution in [0.4, 0.5) is 26.3 Å². The normalized spacial score (nSPS) is 12.1. The second kappa shape index (κ2) is 5.74. The van der Waals surface area contributed by atoms with E-state index in [4.69, 9.17) is 0 Å².